The van der Waals surface area contributed by atoms with Crippen molar-refractivity contribution in [1.29, 1.82) is 0 Å². The molecule has 2 N–H and O–H groups in total. The number of thioether (sulfide) groups is 1. The SMILES string of the molecule is C[C@H](N)c1ccnc(SC2CCCCC2)c1. The number of nitrogens with two attached hydrogens (primary N) is 1. The fraction of sp³-hybridized carbons (Fsp3) is 0.615. The van der Waals surface area contributed by atoms with Crippen LogP contribution in [0.3, 0.4) is 0 Å². The normalized spacial score (nSPS) is 19.6. The molecule has 1 aromatic heterocycles. The third-order valence-electron chi connectivity index (χ3n) is 3.12. The monoisotopic (exact) mass is 236 g/mol. The second kappa shape index (κ2) is 5.69. The summed E-state index contributed by atoms with van der Waals surface area (Å²) in [4.78, 5) is 4.42. The van der Waals surface area contributed by atoms with Gasteiger partial charge in [0.2, 0.25) is 0 Å². The average Bonchev–Trinajstić information content (AvgIpc) is 2.30. The summed E-state index contributed by atoms with van der Waals surface area (Å²) in [6.07, 6.45) is 8.73. The molecule has 0 aliphatic heterocycles. The van der Waals surface area contributed by atoms with Crippen LogP contribution in [0.2, 0.25) is 0 Å². The van der Waals surface area contributed by atoms with Crippen LogP contribution >= 0.6 is 11.8 Å². The maximum absolute atomic E-state index is 5.88. The van der Waals surface area contributed by atoms with Gasteiger partial charge < -0.3 is 5.73 Å². The van der Waals surface area contributed by atoms with Crippen LogP contribution in [0.15, 0.2) is 23.4 Å². The fourth-order valence-electron chi connectivity index (χ4n) is 2.13. The lowest BCUT2D eigenvalue weighted by molar-refractivity contribution is 0.515. The molecule has 0 bridgehead atoms. The molecule has 0 spiro atoms. The Labute approximate surface area is 102 Å². The van der Waals surface area contributed by atoms with Gasteiger partial charge in [-0.05, 0) is 37.5 Å². The molecule has 1 fully saturated rings. The van der Waals surface area contributed by atoms with Crippen molar-refractivity contribution in [2.45, 2.75) is 55.3 Å². The number of rotatable bonds is 3. The molecule has 1 aliphatic carbocycles. The molecular formula is C13H20N2S. The zero-order valence-electron chi connectivity index (χ0n) is 9.86. The van der Waals surface area contributed by atoms with Crippen molar-refractivity contribution >= 4 is 11.8 Å². The molecular weight excluding hydrogens is 216 g/mol. The van der Waals surface area contributed by atoms with Crippen molar-refractivity contribution in [2.75, 3.05) is 0 Å². The number of aromatic nitrogens is 1. The number of pyridine rings is 1. The van der Waals surface area contributed by atoms with Crippen molar-refractivity contribution in [3.63, 3.8) is 0 Å². The van der Waals surface area contributed by atoms with E-state index in [-0.39, 0.29) is 6.04 Å². The van der Waals surface area contributed by atoms with Gasteiger partial charge in [0.1, 0.15) is 0 Å². The first kappa shape index (κ1) is 11.9. The van der Waals surface area contributed by atoms with E-state index in [1.807, 2.05) is 30.9 Å². The Kier molecular flexibility index (Phi) is 4.24. The Morgan fingerprint density at radius 3 is 2.81 bits per heavy atom. The molecule has 1 aliphatic rings. The Balaban J connectivity index is 2.00. The molecule has 1 saturated carbocycles. The van der Waals surface area contributed by atoms with Gasteiger partial charge >= 0.3 is 0 Å². The van der Waals surface area contributed by atoms with Crippen molar-refractivity contribution in [3.05, 3.63) is 23.9 Å². The van der Waals surface area contributed by atoms with E-state index in [1.165, 1.54) is 37.7 Å². The third-order valence-corrected chi connectivity index (χ3v) is 4.39. The standard InChI is InChI=1S/C13H20N2S/c1-10(14)11-7-8-15-13(9-11)16-12-5-3-2-4-6-12/h7-10,12H,2-6,14H2,1H3/t10-/m0/s1. The number of hydrogen-bond donors (Lipinski definition) is 1. The van der Waals surface area contributed by atoms with Gasteiger partial charge in [-0.15, -0.1) is 11.8 Å². The van der Waals surface area contributed by atoms with Gasteiger partial charge in [-0.1, -0.05) is 19.3 Å². The highest BCUT2D eigenvalue weighted by molar-refractivity contribution is 7.99. The second-order valence-electron chi connectivity index (χ2n) is 4.59. The molecule has 2 rings (SSSR count). The van der Waals surface area contributed by atoms with E-state index >= 15 is 0 Å². The molecule has 0 saturated heterocycles. The summed E-state index contributed by atoms with van der Waals surface area (Å²) in [6.45, 7) is 2.02. The lowest BCUT2D eigenvalue weighted by Gasteiger charge is -2.20. The van der Waals surface area contributed by atoms with Gasteiger partial charge in [0.25, 0.3) is 0 Å². The topological polar surface area (TPSA) is 38.9 Å². The van der Waals surface area contributed by atoms with Crippen LogP contribution < -0.4 is 5.73 Å². The molecule has 88 valence electrons. The smallest absolute Gasteiger partial charge is 0.0965 e. The van der Waals surface area contributed by atoms with E-state index in [0.29, 0.717) is 0 Å². The Bertz CT molecular complexity index is 332. The Morgan fingerprint density at radius 1 is 1.38 bits per heavy atom. The average molecular weight is 236 g/mol. The highest BCUT2D eigenvalue weighted by atomic mass is 32.2. The summed E-state index contributed by atoms with van der Waals surface area (Å²) in [5.74, 6) is 0. The molecule has 3 heteroatoms. The molecule has 2 nitrogen and oxygen atoms in total. The third kappa shape index (κ3) is 3.22. The van der Waals surface area contributed by atoms with Crippen LogP contribution in [-0.4, -0.2) is 10.2 Å². The van der Waals surface area contributed by atoms with E-state index in [1.54, 1.807) is 0 Å². The van der Waals surface area contributed by atoms with Crippen molar-refractivity contribution in [2.24, 2.45) is 5.73 Å². The quantitative estimate of drug-likeness (QED) is 0.872. The van der Waals surface area contributed by atoms with Crippen LogP contribution in [-0.2, 0) is 0 Å². The minimum absolute atomic E-state index is 0.105. The van der Waals surface area contributed by atoms with Crippen molar-refractivity contribution in [1.82, 2.24) is 4.98 Å². The molecule has 16 heavy (non-hydrogen) atoms. The summed E-state index contributed by atoms with van der Waals surface area (Å²) in [7, 11) is 0. The number of hydrogen-bond acceptors (Lipinski definition) is 3. The van der Waals surface area contributed by atoms with Crippen LogP contribution in [0.4, 0.5) is 0 Å². The van der Waals surface area contributed by atoms with Crippen LogP contribution in [0.5, 0.6) is 0 Å². The van der Waals surface area contributed by atoms with Crippen molar-refractivity contribution in [3.8, 4) is 0 Å². The van der Waals surface area contributed by atoms with E-state index in [4.69, 9.17) is 5.73 Å². The fourth-order valence-corrected chi connectivity index (χ4v) is 3.36. The summed E-state index contributed by atoms with van der Waals surface area (Å²) in [5, 5.41) is 1.91. The zero-order chi connectivity index (χ0) is 11.4. The molecule has 0 amide bonds. The second-order valence-corrected chi connectivity index (χ2v) is 5.91. The minimum Gasteiger partial charge on any atom is -0.324 e. The van der Waals surface area contributed by atoms with Crippen LogP contribution in [0.1, 0.15) is 50.6 Å². The van der Waals surface area contributed by atoms with Crippen molar-refractivity contribution < 1.29 is 0 Å². The van der Waals surface area contributed by atoms with E-state index < -0.39 is 0 Å². The molecule has 1 aromatic rings. The summed E-state index contributed by atoms with van der Waals surface area (Å²) >= 11 is 1.93. The van der Waals surface area contributed by atoms with E-state index in [0.717, 1.165) is 10.3 Å². The van der Waals surface area contributed by atoms with Gasteiger partial charge in [0, 0.05) is 17.5 Å². The van der Waals surface area contributed by atoms with E-state index in [2.05, 4.69) is 11.1 Å². The van der Waals surface area contributed by atoms with Crippen LogP contribution in [0.25, 0.3) is 0 Å². The van der Waals surface area contributed by atoms with Crippen LogP contribution in [0, 0.1) is 0 Å². The highest BCUT2D eigenvalue weighted by Crippen LogP contribution is 2.33. The lowest BCUT2D eigenvalue weighted by atomic mass is 10.0. The predicted molar refractivity (Wildman–Crippen MR) is 69.6 cm³/mol. The molecule has 0 aromatic carbocycles. The maximum atomic E-state index is 5.88. The molecule has 1 atom stereocenters. The van der Waals surface area contributed by atoms with Gasteiger partial charge in [-0.2, -0.15) is 0 Å². The first-order chi connectivity index (χ1) is 7.75. The first-order valence-electron chi connectivity index (χ1n) is 6.14. The predicted octanol–water partition coefficient (Wildman–Crippen LogP) is 3.53. The molecule has 1 heterocycles. The van der Waals surface area contributed by atoms with Gasteiger partial charge in [0.15, 0.2) is 0 Å². The zero-order valence-corrected chi connectivity index (χ0v) is 10.7. The summed E-state index contributed by atoms with van der Waals surface area (Å²) in [5.41, 5.74) is 7.07. The maximum Gasteiger partial charge on any atom is 0.0965 e. The molecule has 0 radical (unpaired) electrons. The minimum atomic E-state index is 0.105. The van der Waals surface area contributed by atoms with Gasteiger partial charge in [-0.3, -0.25) is 0 Å². The lowest BCUT2D eigenvalue weighted by Crippen LogP contribution is -2.09. The van der Waals surface area contributed by atoms with E-state index in [9.17, 15) is 0 Å². The number of nitrogens with zero attached hydrogens (tertiary/aromatic N) is 1. The summed E-state index contributed by atoms with van der Waals surface area (Å²) < 4.78 is 0. The Hall–Kier alpha value is -0.540. The Morgan fingerprint density at radius 2 is 2.12 bits per heavy atom. The first-order valence-corrected chi connectivity index (χ1v) is 7.02. The largest absolute Gasteiger partial charge is 0.324 e. The van der Waals surface area contributed by atoms with Gasteiger partial charge in [-0.25, -0.2) is 4.98 Å². The highest BCUT2D eigenvalue weighted by Gasteiger charge is 2.15. The molecule has 0 unspecified atom stereocenters. The van der Waals surface area contributed by atoms with Gasteiger partial charge in [0.05, 0.1) is 5.03 Å². The summed E-state index contributed by atoms with van der Waals surface area (Å²) in [6, 6.07) is 4.26.